The summed E-state index contributed by atoms with van der Waals surface area (Å²) in [5, 5.41) is 14.0. The van der Waals surface area contributed by atoms with Crippen LogP contribution in [0.3, 0.4) is 0 Å². The Morgan fingerprint density at radius 2 is 2.35 bits per heavy atom. The quantitative estimate of drug-likeness (QED) is 0.767. The first-order valence-corrected chi connectivity index (χ1v) is 6.78. The van der Waals surface area contributed by atoms with E-state index in [1.54, 1.807) is 18.3 Å². The lowest BCUT2D eigenvalue weighted by Crippen LogP contribution is -2.02. The number of carboxylic acids is 1. The van der Waals surface area contributed by atoms with Crippen LogP contribution < -0.4 is 5.32 Å². The Bertz CT molecular complexity index is 778. The number of aromatic nitrogens is 2. The zero-order valence-electron chi connectivity index (χ0n) is 10.6. The SMILES string of the molecule is Cc1oc(C(=O)O)cc1CNc1ncnc2ccsc12. The monoisotopic (exact) mass is 289 g/mol. The van der Waals surface area contributed by atoms with E-state index < -0.39 is 5.97 Å². The van der Waals surface area contributed by atoms with Crippen LogP contribution in [-0.2, 0) is 6.54 Å². The van der Waals surface area contributed by atoms with Gasteiger partial charge in [-0.05, 0) is 24.4 Å². The predicted octanol–water partition coefficient (Wildman–Crippen LogP) is 2.90. The van der Waals surface area contributed by atoms with Crippen molar-refractivity contribution in [3.05, 3.63) is 40.9 Å². The Morgan fingerprint density at radius 1 is 1.50 bits per heavy atom. The fourth-order valence-corrected chi connectivity index (χ4v) is 2.71. The Hall–Kier alpha value is -2.41. The molecule has 2 N–H and O–H groups in total. The number of anilines is 1. The Labute approximate surface area is 118 Å². The maximum Gasteiger partial charge on any atom is 0.371 e. The minimum absolute atomic E-state index is 0.0525. The molecular weight excluding hydrogens is 278 g/mol. The molecule has 0 atom stereocenters. The molecule has 20 heavy (non-hydrogen) atoms. The average Bonchev–Trinajstić information content (AvgIpc) is 3.03. The van der Waals surface area contributed by atoms with Crippen molar-refractivity contribution in [3.8, 4) is 0 Å². The summed E-state index contributed by atoms with van der Waals surface area (Å²) in [5.74, 6) is 0.208. The molecule has 102 valence electrons. The number of hydrogen-bond donors (Lipinski definition) is 2. The minimum atomic E-state index is -1.07. The summed E-state index contributed by atoms with van der Waals surface area (Å²) in [4.78, 5) is 19.2. The summed E-state index contributed by atoms with van der Waals surface area (Å²) in [6.07, 6.45) is 1.50. The Kier molecular flexibility index (Phi) is 3.11. The number of nitrogens with one attached hydrogen (secondary N) is 1. The molecule has 0 fully saturated rings. The van der Waals surface area contributed by atoms with Crippen LogP contribution in [0, 0.1) is 6.92 Å². The van der Waals surface area contributed by atoms with Crippen LogP contribution in [-0.4, -0.2) is 21.0 Å². The zero-order valence-corrected chi connectivity index (χ0v) is 11.4. The van der Waals surface area contributed by atoms with Gasteiger partial charge in [0.25, 0.3) is 0 Å². The van der Waals surface area contributed by atoms with E-state index in [-0.39, 0.29) is 5.76 Å². The second kappa shape index (κ2) is 4.93. The van der Waals surface area contributed by atoms with Gasteiger partial charge in [0, 0.05) is 12.1 Å². The van der Waals surface area contributed by atoms with Crippen molar-refractivity contribution in [2.24, 2.45) is 0 Å². The first-order chi connectivity index (χ1) is 9.65. The lowest BCUT2D eigenvalue weighted by atomic mass is 10.2. The molecule has 3 heterocycles. The number of carboxylic acid groups (broad SMARTS) is 1. The molecule has 0 amide bonds. The zero-order chi connectivity index (χ0) is 14.1. The highest BCUT2D eigenvalue weighted by Gasteiger charge is 2.13. The highest BCUT2D eigenvalue weighted by atomic mass is 32.1. The van der Waals surface area contributed by atoms with E-state index in [9.17, 15) is 4.79 Å². The van der Waals surface area contributed by atoms with Crippen LogP contribution in [0.5, 0.6) is 0 Å². The topological polar surface area (TPSA) is 88.2 Å². The molecule has 3 aromatic rings. The van der Waals surface area contributed by atoms with Crippen molar-refractivity contribution in [1.82, 2.24) is 9.97 Å². The third-order valence-corrected chi connectivity index (χ3v) is 3.83. The summed E-state index contributed by atoms with van der Waals surface area (Å²) < 4.78 is 6.15. The summed E-state index contributed by atoms with van der Waals surface area (Å²) in [6, 6.07) is 3.45. The van der Waals surface area contributed by atoms with E-state index in [4.69, 9.17) is 9.52 Å². The van der Waals surface area contributed by atoms with E-state index in [1.165, 1.54) is 12.4 Å². The number of aromatic carboxylic acids is 1. The highest BCUT2D eigenvalue weighted by molar-refractivity contribution is 7.17. The van der Waals surface area contributed by atoms with Crippen LogP contribution in [0.4, 0.5) is 5.82 Å². The van der Waals surface area contributed by atoms with Crippen molar-refractivity contribution in [3.63, 3.8) is 0 Å². The van der Waals surface area contributed by atoms with Gasteiger partial charge < -0.3 is 14.8 Å². The second-order valence-electron chi connectivity index (χ2n) is 4.21. The summed E-state index contributed by atoms with van der Waals surface area (Å²) in [6.45, 7) is 2.19. The van der Waals surface area contributed by atoms with E-state index in [1.807, 2.05) is 11.4 Å². The molecule has 0 aliphatic carbocycles. The van der Waals surface area contributed by atoms with Gasteiger partial charge in [0.15, 0.2) is 0 Å². The van der Waals surface area contributed by atoms with Gasteiger partial charge in [-0.3, -0.25) is 0 Å². The maximum atomic E-state index is 10.8. The molecule has 3 aromatic heterocycles. The van der Waals surface area contributed by atoms with Crippen molar-refractivity contribution in [1.29, 1.82) is 0 Å². The van der Waals surface area contributed by atoms with Crippen LogP contribution in [0.15, 0.2) is 28.3 Å². The van der Waals surface area contributed by atoms with Crippen LogP contribution in [0.2, 0.25) is 0 Å². The first-order valence-electron chi connectivity index (χ1n) is 5.90. The molecule has 0 aliphatic rings. The highest BCUT2D eigenvalue weighted by Crippen LogP contribution is 2.25. The molecule has 0 bridgehead atoms. The van der Waals surface area contributed by atoms with Crippen molar-refractivity contribution >= 4 is 33.3 Å². The molecule has 3 rings (SSSR count). The van der Waals surface area contributed by atoms with Gasteiger partial charge >= 0.3 is 5.97 Å². The molecule has 6 nitrogen and oxygen atoms in total. The van der Waals surface area contributed by atoms with Gasteiger partial charge in [-0.15, -0.1) is 11.3 Å². The summed E-state index contributed by atoms with van der Waals surface area (Å²) >= 11 is 1.56. The Morgan fingerprint density at radius 3 is 3.10 bits per heavy atom. The largest absolute Gasteiger partial charge is 0.475 e. The average molecular weight is 289 g/mol. The van der Waals surface area contributed by atoms with Gasteiger partial charge in [0.1, 0.15) is 17.9 Å². The fraction of sp³-hybridized carbons (Fsp3) is 0.154. The lowest BCUT2D eigenvalue weighted by molar-refractivity contribution is 0.0661. The van der Waals surface area contributed by atoms with Crippen LogP contribution in [0.25, 0.3) is 10.2 Å². The molecule has 0 aromatic carbocycles. The molecule has 7 heteroatoms. The number of fused-ring (bicyclic) bond motifs is 1. The van der Waals surface area contributed by atoms with E-state index >= 15 is 0 Å². The van der Waals surface area contributed by atoms with E-state index in [0.717, 1.165) is 21.6 Å². The van der Waals surface area contributed by atoms with Crippen molar-refractivity contribution in [2.75, 3.05) is 5.32 Å². The standard InChI is InChI=1S/C13H11N3O3S/c1-7-8(4-10(19-7)13(17)18)5-14-12-11-9(2-3-20-11)15-6-16-12/h2-4,6H,5H2,1H3,(H,17,18)(H,14,15,16). The molecule has 0 saturated heterocycles. The summed E-state index contributed by atoms with van der Waals surface area (Å²) in [5.41, 5.74) is 1.69. The number of carbonyl (C=O) groups is 1. The minimum Gasteiger partial charge on any atom is -0.475 e. The molecule has 0 unspecified atom stereocenters. The lowest BCUT2D eigenvalue weighted by Gasteiger charge is -2.04. The van der Waals surface area contributed by atoms with E-state index in [0.29, 0.717) is 12.3 Å². The van der Waals surface area contributed by atoms with Gasteiger partial charge in [-0.2, -0.15) is 0 Å². The van der Waals surface area contributed by atoms with Crippen LogP contribution >= 0.6 is 11.3 Å². The maximum absolute atomic E-state index is 10.8. The molecule has 0 saturated carbocycles. The number of nitrogens with zero attached hydrogens (tertiary/aromatic N) is 2. The van der Waals surface area contributed by atoms with E-state index in [2.05, 4.69) is 15.3 Å². The van der Waals surface area contributed by atoms with Gasteiger partial charge in [-0.1, -0.05) is 0 Å². The first kappa shape index (κ1) is 12.6. The number of aryl methyl sites for hydroxylation is 1. The number of rotatable bonds is 4. The molecule has 0 radical (unpaired) electrons. The van der Waals surface area contributed by atoms with Gasteiger partial charge in [0.05, 0.1) is 10.2 Å². The smallest absolute Gasteiger partial charge is 0.371 e. The third kappa shape index (κ3) is 2.23. The molecule has 0 aliphatic heterocycles. The van der Waals surface area contributed by atoms with Gasteiger partial charge in [-0.25, -0.2) is 14.8 Å². The Balaban J connectivity index is 1.83. The number of thiophene rings is 1. The number of hydrogen-bond acceptors (Lipinski definition) is 6. The van der Waals surface area contributed by atoms with Gasteiger partial charge in [0.2, 0.25) is 5.76 Å². The van der Waals surface area contributed by atoms with Crippen molar-refractivity contribution in [2.45, 2.75) is 13.5 Å². The predicted molar refractivity (Wildman–Crippen MR) is 75.1 cm³/mol. The second-order valence-corrected chi connectivity index (χ2v) is 5.12. The molecule has 0 spiro atoms. The summed E-state index contributed by atoms with van der Waals surface area (Å²) in [7, 11) is 0. The fourth-order valence-electron chi connectivity index (χ4n) is 1.89. The third-order valence-electron chi connectivity index (χ3n) is 2.92. The normalized spacial score (nSPS) is 10.8. The van der Waals surface area contributed by atoms with Crippen LogP contribution in [0.1, 0.15) is 21.9 Å². The number of furan rings is 1. The molecular formula is C13H11N3O3S. The van der Waals surface area contributed by atoms with Crippen molar-refractivity contribution < 1.29 is 14.3 Å².